The van der Waals surface area contributed by atoms with E-state index in [0.717, 1.165) is 12.8 Å². The molecule has 1 heterocycles. The first-order valence-corrected chi connectivity index (χ1v) is 7.79. The standard InChI is InChI=1S/C17H26N2O2/c1-11(2)21-16-9-8-14(10-15(16)18)17(20)19-12(3)6-5-7-13(19)4/h8-13H,5-7,18H2,1-4H3. The summed E-state index contributed by atoms with van der Waals surface area (Å²) in [4.78, 5) is 14.7. The number of hydrogen-bond acceptors (Lipinski definition) is 3. The first-order chi connectivity index (χ1) is 9.90. The molecule has 1 amide bonds. The van der Waals surface area contributed by atoms with Gasteiger partial charge in [-0.2, -0.15) is 0 Å². The number of anilines is 1. The Morgan fingerprint density at radius 3 is 2.43 bits per heavy atom. The SMILES string of the molecule is CC(C)Oc1ccc(C(=O)N2C(C)CCCC2C)cc1N. The summed E-state index contributed by atoms with van der Waals surface area (Å²) >= 11 is 0. The maximum atomic E-state index is 12.7. The molecule has 21 heavy (non-hydrogen) atoms. The van der Waals surface area contributed by atoms with E-state index in [-0.39, 0.29) is 24.1 Å². The first-order valence-electron chi connectivity index (χ1n) is 7.79. The van der Waals surface area contributed by atoms with Crippen molar-refractivity contribution in [1.29, 1.82) is 0 Å². The minimum absolute atomic E-state index is 0.0657. The molecule has 0 aliphatic carbocycles. The zero-order valence-corrected chi connectivity index (χ0v) is 13.4. The fourth-order valence-corrected chi connectivity index (χ4v) is 3.01. The van der Waals surface area contributed by atoms with Crippen molar-refractivity contribution < 1.29 is 9.53 Å². The lowest BCUT2D eigenvalue weighted by atomic mass is 9.96. The van der Waals surface area contributed by atoms with E-state index in [9.17, 15) is 4.79 Å². The second-order valence-electron chi connectivity index (χ2n) is 6.26. The maximum Gasteiger partial charge on any atom is 0.254 e. The van der Waals surface area contributed by atoms with Gasteiger partial charge >= 0.3 is 0 Å². The van der Waals surface area contributed by atoms with Crippen LogP contribution >= 0.6 is 0 Å². The first kappa shape index (κ1) is 15.7. The summed E-state index contributed by atoms with van der Waals surface area (Å²) in [6.45, 7) is 8.14. The molecule has 2 rings (SSSR count). The van der Waals surface area contributed by atoms with E-state index in [1.165, 1.54) is 6.42 Å². The molecule has 2 unspecified atom stereocenters. The highest BCUT2D eigenvalue weighted by Crippen LogP contribution is 2.28. The molecule has 1 aliphatic rings. The van der Waals surface area contributed by atoms with E-state index in [1.807, 2.05) is 24.8 Å². The van der Waals surface area contributed by atoms with Crippen molar-refractivity contribution >= 4 is 11.6 Å². The molecule has 2 atom stereocenters. The quantitative estimate of drug-likeness (QED) is 0.867. The van der Waals surface area contributed by atoms with Gasteiger partial charge in [-0.3, -0.25) is 4.79 Å². The van der Waals surface area contributed by atoms with Gasteiger partial charge in [0.05, 0.1) is 11.8 Å². The zero-order valence-electron chi connectivity index (χ0n) is 13.4. The molecule has 0 spiro atoms. The van der Waals surface area contributed by atoms with Crippen LogP contribution in [0.15, 0.2) is 18.2 Å². The normalized spacial score (nSPS) is 22.4. The molecule has 4 heteroatoms. The Bertz CT molecular complexity index is 504. The van der Waals surface area contributed by atoms with Gasteiger partial charge in [0, 0.05) is 17.6 Å². The summed E-state index contributed by atoms with van der Waals surface area (Å²) < 4.78 is 5.62. The molecule has 1 aromatic carbocycles. The van der Waals surface area contributed by atoms with Crippen LogP contribution < -0.4 is 10.5 Å². The number of carbonyl (C=O) groups excluding carboxylic acids is 1. The van der Waals surface area contributed by atoms with Crippen molar-refractivity contribution in [1.82, 2.24) is 4.90 Å². The Morgan fingerprint density at radius 2 is 1.90 bits per heavy atom. The number of carbonyl (C=O) groups is 1. The van der Waals surface area contributed by atoms with Crippen molar-refractivity contribution in [2.45, 2.75) is 65.1 Å². The number of rotatable bonds is 3. The highest BCUT2D eigenvalue weighted by molar-refractivity contribution is 5.96. The second-order valence-corrected chi connectivity index (χ2v) is 6.26. The predicted molar refractivity (Wildman–Crippen MR) is 85.6 cm³/mol. The summed E-state index contributed by atoms with van der Waals surface area (Å²) in [5, 5.41) is 0. The molecule has 116 valence electrons. The van der Waals surface area contributed by atoms with Crippen LogP contribution in [0.25, 0.3) is 0 Å². The molecule has 0 saturated carbocycles. The third kappa shape index (κ3) is 3.49. The molecule has 0 radical (unpaired) electrons. The van der Waals surface area contributed by atoms with Crippen molar-refractivity contribution in [2.24, 2.45) is 0 Å². The fourth-order valence-electron chi connectivity index (χ4n) is 3.01. The summed E-state index contributed by atoms with van der Waals surface area (Å²) in [5.74, 6) is 0.707. The van der Waals surface area contributed by atoms with Crippen LogP contribution in [0.1, 0.15) is 57.3 Å². The Balaban J connectivity index is 2.21. The van der Waals surface area contributed by atoms with Gasteiger partial charge in [0.2, 0.25) is 0 Å². The molecule has 1 saturated heterocycles. The summed E-state index contributed by atoms with van der Waals surface area (Å²) in [5.41, 5.74) is 7.17. The average Bonchev–Trinajstić information content (AvgIpc) is 2.40. The molecule has 1 fully saturated rings. The van der Waals surface area contributed by atoms with Crippen LogP contribution in [-0.2, 0) is 0 Å². The largest absolute Gasteiger partial charge is 0.489 e. The van der Waals surface area contributed by atoms with Gasteiger partial charge in [0.15, 0.2) is 0 Å². The summed E-state index contributed by atoms with van der Waals surface area (Å²) in [6.07, 6.45) is 3.39. The summed E-state index contributed by atoms with van der Waals surface area (Å²) in [7, 11) is 0. The van der Waals surface area contributed by atoms with Crippen molar-refractivity contribution in [2.75, 3.05) is 5.73 Å². The Kier molecular flexibility index (Phi) is 4.76. The van der Waals surface area contributed by atoms with E-state index in [1.54, 1.807) is 12.1 Å². The number of piperidine rings is 1. The van der Waals surface area contributed by atoms with E-state index in [4.69, 9.17) is 10.5 Å². The number of amides is 1. The van der Waals surface area contributed by atoms with Crippen LogP contribution in [0.2, 0.25) is 0 Å². The van der Waals surface area contributed by atoms with Crippen LogP contribution in [0.3, 0.4) is 0 Å². The lowest BCUT2D eigenvalue weighted by Crippen LogP contribution is -2.47. The lowest BCUT2D eigenvalue weighted by Gasteiger charge is -2.39. The van der Waals surface area contributed by atoms with Crippen LogP contribution in [0.4, 0.5) is 5.69 Å². The average molecular weight is 290 g/mol. The third-order valence-electron chi connectivity index (χ3n) is 4.05. The Labute approximate surface area is 127 Å². The highest BCUT2D eigenvalue weighted by Gasteiger charge is 2.29. The topological polar surface area (TPSA) is 55.6 Å². The fraction of sp³-hybridized carbons (Fsp3) is 0.588. The van der Waals surface area contributed by atoms with Crippen LogP contribution in [-0.4, -0.2) is 29.0 Å². The monoisotopic (exact) mass is 290 g/mol. The molecular weight excluding hydrogens is 264 g/mol. The smallest absolute Gasteiger partial charge is 0.254 e. The van der Waals surface area contributed by atoms with Crippen molar-refractivity contribution in [3.05, 3.63) is 23.8 Å². The van der Waals surface area contributed by atoms with Gasteiger partial charge in [-0.15, -0.1) is 0 Å². The number of ether oxygens (including phenoxy) is 1. The molecule has 1 aromatic rings. The molecule has 2 N–H and O–H groups in total. The zero-order chi connectivity index (χ0) is 15.6. The number of benzene rings is 1. The van der Waals surface area contributed by atoms with Crippen molar-refractivity contribution in [3.8, 4) is 5.75 Å². The predicted octanol–water partition coefficient (Wildman–Crippen LogP) is 3.46. The molecule has 1 aliphatic heterocycles. The third-order valence-corrected chi connectivity index (χ3v) is 4.05. The summed E-state index contributed by atoms with van der Waals surface area (Å²) in [6, 6.07) is 5.91. The van der Waals surface area contributed by atoms with E-state index < -0.39 is 0 Å². The number of nitrogen functional groups attached to an aromatic ring is 1. The number of nitrogens with two attached hydrogens (primary N) is 1. The highest BCUT2D eigenvalue weighted by atomic mass is 16.5. The molecule has 0 aromatic heterocycles. The number of likely N-dealkylation sites (tertiary alicyclic amines) is 1. The molecule has 4 nitrogen and oxygen atoms in total. The number of nitrogens with zero attached hydrogens (tertiary/aromatic N) is 1. The number of hydrogen-bond donors (Lipinski definition) is 1. The minimum atomic E-state index is 0.0657. The van der Waals surface area contributed by atoms with E-state index in [2.05, 4.69) is 13.8 Å². The van der Waals surface area contributed by atoms with Crippen LogP contribution in [0.5, 0.6) is 5.75 Å². The van der Waals surface area contributed by atoms with Gasteiger partial charge in [-0.25, -0.2) is 0 Å². The Morgan fingerprint density at radius 1 is 1.29 bits per heavy atom. The van der Waals surface area contributed by atoms with Gasteiger partial charge in [0.25, 0.3) is 5.91 Å². The van der Waals surface area contributed by atoms with Gasteiger partial charge < -0.3 is 15.4 Å². The Hall–Kier alpha value is -1.71. The molecule has 0 bridgehead atoms. The van der Waals surface area contributed by atoms with E-state index in [0.29, 0.717) is 17.0 Å². The van der Waals surface area contributed by atoms with Gasteiger partial charge in [-0.1, -0.05) is 0 Å². The molecular formula is C17H26N2O2. The lowest BCUT2D eigenvalue weighted by molar-refractivity contribution is 0.0511. The van der Waals surface area contributed by atoms with Gasteiger partial charge in [-0.05, 0) is 65.2 Å². The van der Waals surface area contributed by atoms with Crippen molar-refractivity contribution in [3.63, 3.8) is 0 Å². The maximum absolute atomic E-state index is 12.7. The van der Waals surface area contributed by atoms with E-state index >= 15 is 0 Å². The van der Waals surface area contributed by atoms with Gasteiger partial charge in [0.1, 0.15) is 5.75 Å². The van der Waals surface area contributed by atoms with Crippen LogP contribution in [0, 0.1) is 0 Å². The minimum Gasteiger partial charge on any atom is -0.489 e. The second kappa shape index (κ2) is 6.37.